The average Bonchev–Trinajstić information content (AvgIpc) is 2.72. The molecular weight excluding hydrogens is 268 g/mol. The van der Waals surface area contributed by atoms with E-state index >= 15 is 0 Å². The number of nitrogens with zero attached hydrogens (tertiary/aromatic N) is 4. The maximum absolute atomic E-state index is 9.75. The first-order chi connectivity index (χ1) is 9.48. The van der Waals surface area contributed by atoms with Gasteiger partial charge in [0.1, 0.15) is 0 Å². The van der Waals surface area contributed by atoms with Crippen LogP contribution in [0.5, 0.6) is 0 Å². The summed E-state index contributed by atoms with van der Waals surface area (Å²) < 4.78 is 5.45. The molecule has 4 atom stereocenters. The maximum Gasteiger partial charge on any atom is 0.176 e. The van der Waals surface area contributed by atoms with Crippen LogP contribution in [0.25, 0.3) is 0 Å². The van der Waals surface area contributed by atoms with Gasteiger partial charge < -0.3 is 9.84 Å². The molecule has 2 fully saturated rings. The lowest BCUT2D eigenvalue weighted by atomic mass is 10.3. The van der Waals surface area contributed by atoms with Crippen LogP contribution >= 0.6 is 0 Å². The summed E-state index contributed by atoms with van der Waals surface area (Å²) in [4.78, 5) is 8.37. The summed E-state index contributed by atoms with van der Waals surface area (Å²) in [6.45, 7) is 10.2. The number of ether oxygens (including phenoxy) is 1. The van der Waals surface area contributed by atoms with Gasteiger partial charge in [-0.2, -0.15) is 0 Å². The molecule has 6 nitrogen and oxygen atoms in total. The molecule has 21 heavy (non-hydrogen) atoms. The molecule has 0 radical (unpaired) electrons. The van der Waals surface area contributed by atoms with Gasteiger partial charge in [0.05, 0.1) is 0 Å². The first-order valence-corrected chi connectivity index (χ1v) is 7.64. The van der Waals surface area contributed by atoms with Crippen molar-refractivity contribution in [3.63, 3.8) is 0 Å². The summed E-state index contributed by atoms with van der Waals surface area (Å²) in [5, 5.41) is 9.75. The SMILES string of the molecule is CC1CN(C)C(C)(O)N1C.COC1(C)N(C)CC(C)N1C. The van der Waals surface area contributed by atoms with Crippen molar-refractivity contribution in [3.05, 3.63) is 0 Å². The summed E-state index contributed by atoms with van der Waals surface area (Å²) >= 11 is 0. The molecule has 2 rings (SSSR count). The molecule has 2 aliphatic heterocycles. The molecule has 0 spiro atoms. The van der Waals surface area contributed by atoms with Crippen molar-refractivity contribution in [2.24, 2.45) is 0 Å². The fourth-order valence-corrected chi connectivity index (χ4v) is 3.04. The third-order valence-corrected chi connectivity index (χ3v) is 5.54. The van der Waals surface area contributed by atoms with Gasteiger partial charge in [-0.3, -0.25) is 19.6 Å². The molecular formula is C15H34N4O2. The zero-order valence-corrected chi connectivity index (χ0v) is 15.2. The highest BCUT2D eigenvalue weighted by atomic mass is 16.5. The zero-order chi connectivity index (χ0) is 16.6. The topological polar surface area (TPSA) is 42.4 Å². The van der Waals surface area contributed by atoms with E-state index < -0.39 is 5.85 Å². The number of hydrogen-bond donors (Lipinski definition) is 1. The Labute approximate surface area is 130 Å². The van der Waals surface area contributed by atoms with E-state index in [1.54, 1.807) is 7.11 Å². The van der Waals surface area contributed by atoms with Crippen LogP contribution in [-0.4, -0.2) is 96.9 Å². The van der Waals surface area contributed by atoms with Crippen LogP contribution in [0, 0.1) is 0 Å². The first kappa shape index (κ1) is 18.8. The van der Waals surface area contributed by atoms with Gasteiger partial charge in [0.25, 0.3) is 0 Å². The summed E-state index contributed by atoms with van der Waals surface area (Å²) in [5.74, 6) is -0.959. The highest BCUT2D eigenvalue weighted by Gasteiger charge is 2.43. The standard InChI is InChI=1S/C8H18N2O.C7H16N2O/c1-7-6-9(3)8(2,11-5)10(7)4;1-6-5-8(3)7(2,10)9(6)4/h7H,6H2,1-5H3;6,10H,5H2,1-4H3. The summed E-state index contributed by atoms with van der Waals surface area (Å²) in [6, 6.07) is 1.02. The molecule has 0 aromatic carbocycles. The lowest BCUT2D eigenvalue weighted by Gasteiger charge is -2.36. The molecule has 0 amide bonds. The van der Waals surface area contributed by atoms with E-state index in [1.165, 1.54) is 0 Å². The number of aliphatic hydroxyl groups is 1. The highest BCUT2D eigenvalue weighted by Crippen LogP contribution is 2.27. The van der Waals surface area contributed by atoms with Crippen LogP contribution in [0.15, 0.2) is 0 Å². The van der Waals surface area contributed by atoms with Crippen LogP contribution in [0.1, 0.15) is 27.7 Å². The number of methoxy groups -OCH3 is 1. The van der Waals surface area contributed by atoms with E-state index in [1.807, 2.05) is 30.8 Å². The molecule has 0 aromatic rings. The van der Waals surface area contributed by atoms with Gasteiger partial charge >= 0.3 is 0 Å². The quantitative estimate of drug-likeness (QED) is 0.760. The van der Waals surface area contributed by atoms with E-state index in [0.29, 0.717) is 12.1 Å². The predicted molar refractivity (Wildman–Crippen MR) is 85.7 cm³/mol. The highest BCUT2D eigenvalue weighted by molar-refractivity contribution is 4.87. The van der Waals surface area contributed by atoms with Crippen LogP contribution < -0.4 is 0 Å². The van der Waals surface area contributed by atoms with Gasteiger partial charge in [0.2, 0.25) is 0 Å². The number of hydrogen-bond acceptors (Lipinski definition) is 6. The molecule has 1 N–H and O–H groups in total. The largest absolute Gasteiger partial charge is 0.363 e. The van der Waals surface area contributed by atoms with E-state index in [4.69, 9.17) is 4.74 Å². The monoisotopic (exact) mass is 302 g/mol. The molecule has 0 aromatic heterocycles. The Hall–Kier alpha value is -0.240. The lowest BCUT2D eigenvalue weighted by molar-refractivity contribution is -0.169. The summed E-state index contributed by atoms with van der Waals surface area (Å²) in [7, 11) is 9.81. The predicted octanol–water partition coefficient (Wildman–Crippen LogP) is 0.490. The fraction of sp³-hybridized carbons (Fsp3) is 1.00. The van der Waals surface area contributed by atoms with E-state index in [0.717, 1.165) is 13.1 Å². The summed E-state index contributed by atoms with van der Waals surface area (Å²) in [6.07, 6.45) is 0. The minimum Gasteiger partial charge on any atom is -0.363 e. The molecule has 0 bridgehead atoms. The first-order valence-electron chi connectivity index (χ1n) is 7.64. The lowest BCUT2D eigenvalue weighted by Crippen LogP contribution is -2.50. The molecule has 0 saturated carbocycles. The third kappa shape index (κ3) is 3.41. The third-order valence-electron chi connectivity index (χ3n) is 5.54. The number of rotatable bonds is 1. The van der Waals surface area contributed by atoms with Crippen LogP contribution in [0.4, 0.5) is 0 Å². The van der Waals surface area contributed by atoms with Crippen molar-refractivity contribution in [3.8, 4) is 0 Å². The van der Waals surface area contributed by atoms with Crippen molar-refractivity contribution in [1.82, 2.24) is 19.6 Å². The van der Waals surface area contributed by atoms with Crippen LogP contribution in [-0.2, 0) is 4.74 Å². The molecule has 2 aliphatic rings. The van der Waals surface area contributed by atoms with Gasteiger partial charge in [0.15, 0.2) is 11.7 Å². The minimum atomic E-state index is -0.751. The minimum absolute atomic E-state index is 0.209. The van der Waals surface area contributed by atoms with E-state index in [-0.39, 0.29) is 5.85 Å². The van der Waals surface area contributed by atoms with Crippen molar-refractivity contribution in [1.29, 1.82) is 0 Å². The van der Waals surface area contributed by atoms with Gasteiger partial charge in [0, 0.05) is 32.3 Å². The van der Waals surface area contributed by atoms with Gasteiger partial charge in [-0.1, -0.05) is 0 Å². The zero-order valence-electron chi connectivity index (χ0n) is 15.2. The molecule has 126 valence electrons. The van der Waals surface area contributed by atoms with Crippen LogP contribution in [0.3, 0.4) is 0 Å². The Bertz CT molecular complexity index is 353. The molecule has 2 heterocycles. The van der Waals surface area contributed by atoms with Crippen molar-refractivity contribution in [2.45, 2.75) is 51.5 Å². The second-order valence-corrected chi connectivity index (χ2v) is 6.79. The maximum atomic E-state index is 9.75. The fourth-order valence-electron chi connectivity index (χ4n) is 3.04. The number of likely N-dealkylation sites (N-methyl/N-ethyl adjacent to an activating group) is 4. The molecule has 0 aliphatic carbocycles. The van der Waals surface area contributed by atoms with Crippen molar-refractivity contribution in [2.75, 3.05) is 48.4 Å². The average molecular weight is 302 g/mol. The second-order valence-electron chi connectivity index (χ2n) is 6.79. The smallest absolute Gasteiger partial charge is 0.176 e. The Kier molecular flexibility index (Phi) is 5.80. The summed E-state index contributed by atoms with van der Waals surface area (Å²) in [5.41, 5.74) is 0. The Morgan fingerprint density at radius 1 is 0.905 bits per heavy atom. The van der Waals surface area contributed by atoms with E-state index in [9.17, 15) is 5.11 Å². The molecule has 2 saturated heterocycles. The van der Waals surface area contributed by atoms with Crippen LogP contribution in [0.2, 0.25) is 0 Å². The Balaban J connectivity index is 0.000000211. The molecule has 4 unspecified atom stereocenters. The van der Waals surface area contributed by atoms with E-state index in [2.05, 4.69) is 44.7 Å². The van der Waals surface area contributed by atoms with Gasteiger partial charge in [-0.25, -0.2) is 0 Å². The normalized spacial score (nSPS) is 43.1. The van der Waals surface area contributed by atoms with Crippen molar-refractivity contribution < 1.29 is 9.84 Å². The second kappa shape index (κ2) is 6.48. The van der Waals surface area contributed by atoms with Gasteiger partial charge in [-0.15, -0.1) is 0 Å². The Morgan fingerprint density at radius 3 is 1.48 bits per heavy atom. The van der Waals surface area contributed by atoms with Gasteiger partial charge in [-0.05, 0) is 55.9 Å². The Morgan fingerprint density at radius 2 is 1.33 bits per heavy atom. The van der Waals surface area contributed by atoms with Crippen molar-refractivity contribution >= 4 is 0 Å². The molecule has 6 heteroatoms.